The average Bonchev–Trinajstić information content (AvgIpc) is 2.54. The molecule has 24 heavy (non-hydrogen) atoms. The number of sulfonamides is 1. The summed E-state index contributed by atoms with van der Waals surface area (Å²) in [5.41, 5.74) is 1.81. The van der Waals surface area contributed by atoms with Gasteiger partial charge in [0.15, 0.2) is 0 Å². The molecule has 2 aromatic carbocycles. The number of carbonyl (C=O) groups excluding carboxylic acids is 1. The number of carbonyl (C=O) groups is 1. The van der Waals surface area contributed by atoms with Crippen LogP contribution >= 0.6 is 0 Å². The predicted molar refractivity (Wildman–Crippen MR) is 93.8 cm³/mol. The lowest BCUT2D eigenvalue weighted by Crippen LogP contribution is -2.26. The van der Waals surface area contributed by atoms with E-state index in [1.807, 2.05) is 19.1 Å². The van der Waals surface area contributed by atoms with E-state index in [2.05, 4.69) is 0 Å². The molecule has 0 heterocycles. The molecule has 0 unspecified atom stereocenters. The number of rotatable bonds is 5. The fourth-order valence-corrected chi connectivity index (χ4v) is 3.36. The van der Waals surface area contributed by atoms with Crippen molar-refractivity contribution in [1.82, 2.24) is 0 Å². The van der Waals surface area contributed by atoms with Crippen LogP contribution in [0.1, 0.15) is 29.8 Å². The number of ether oxygens (including phenoxy) is 1. The zero-order chi connectivity index (χ0) is 17.9. The fourth-order valence-electron chi connectivity index (χ4n) is 2.12. The first-order valence-electron chi connectivity index (χ1n) is 7.58. The van der Waals surface area contributed by atoms with E-state index < -0.39 is 16.0 Å². The van der Waals surface area contributed by atoms with E-state index in [9.17, 15) is 13.2 Å². The molecule has 128 valence electrons. The van der Waals surface area contributed by atoms with Gasteiger partial charge >= 0.3 is 5.97 Å². The van der Waals surface area contributed by atoms with Gasteiger partial charge in [-0.25, -0.2) is 13.2 Å². The summed E-state index contributed by atoms with van der Waals surface area (Å²) in [4.78, 5) is 12.0. The molecule has 0 aliphatic rings. The number of hydrogen-bond donors (Lipinski definition) is 0. The molecule has 0 spiro atoms. The summed E-state index contributed by atoms with van der Waals surface area (Å²) in [5, 5.41) is 0. The van der Waals surface area contributed by atoms with Crippen LogP contribution in [0.15, 0.2) is 53.4 Å². The molecule has 6 heteroatoms. The highest BCUT2D eigenvalue weighted by Gasteiger charge is 2.22. The van der Waals surface area contributed by atoms with Crippen LogP contribution in [0.5, 0.6) is 0 Å². The minimum absolute atomic E-state index is 0.0452. The Morgan fingerprint density at radius 3 is 2.29 bits per heavy atom. The predicted octanol–water partition coefficient (Wildman–Crippen LogP) is 3.39. The Labute approximate surface area is 142 Å². The van der Waals surface area contributed by atoms with Crippen molar-refractivity contribution in [3.05, 3.63) is 59.7 Å². The summed E-state index contributed by atoms with van der Waals surface area (Å²) in [6, 6.07) is 13.0. The van der Waals surface area contributed by atoms with E-state index in [4.69, 9.17) is 4.74 Å². The topological polar surface area (TPSA) is 63.7 Å². The molecule has 2 aromatic rings. The van der Waals surface area contributed by atoms with Gasteiger partial charge < -0.3 is 4.74 Å². The Bertz CT molecular complexity index is 826. The van der Waals surface area contributed by atoms with Crippen molar-refractivity contribution in [2.24, 2.45) is 0 Å². The van der Waals surface area contributed by atoms with Gasteiger partial charge in [-0.1, -0.05) is 23.8 Å². The number of nitrogens with zero attached hydrogens (tertiary/aromatic N) is 1. The minimum atomic E-state index is -3.76. The van der Waals surface area contributed by atoms with E-state index in [0.29, 0.717) is 5.69 Å². The van der Waals surface area contributed by atoms with Crippen molar-refractivity contribution in [2.45, 2.75) is 31.8 Å². The van der Waals surface area contributed by atoms with E-state index >= 15 is 0 Å². The second kappa shape index (κ2) is 7.05. The normalized spacial score (nSPS) is 11.4. The van der Waals surface area contributed by atoms with Crippen molar-refractivity contribution in [1.29, 1.82) is 0 Å². The van der Waals surface area contributed by atoms with Gasteiger partial charge in [0.05, 0.1) is 22.3 Å². The van der Waals surface area contributed by atoms with E-state index in [1.54, 1.807) is 26.0 Å². The maximum atomic E-state index is 12.8. The van der Waals surface area contributed by atoms with Crippen LogP contribution in [0.2, 0.25) is 0 Å². The molecule has 0 fully saturated rings. The average molecular weight is 347 g/mol. The van der Waals surface area contributed by atoms with Crippen LogP contribution in [0.3, 0.4) is 0 Å². The van der Waals surface area contributed by atoms with Crippen molar-refractivity contribution < 1.29 is 17.9 Å². The van der Waals surface area contributed by atoms with Crippen LogP contribution in [0.4, 0.5) is 5.69 Å². The summed E-state index contributed by atoms with van der Waals surface area (Å²) in [5.74, 6) is -0.542. The van der Waals surface area contributed by atoms with Crippen LogP contribution < -0.4 is 4.31 Å². The first-order valence-corrected chi connectivity index (χ1v) is 9.02. The Morgan fingerprint density at radius 1 is 1.08 bits per heavy atom. The van der Waals surface area contributed by atoms with Gasteiger partial charge in [0, 0.05) is 7.05 Å². The Kier molecular flexibility index (Phi) is 5.29. The molecule has 0 radical (unpaired) electrons. The second-order valence-corrected chi connectivity index (χ2v) is 7.76. The molecular formula is C18H21NO4S. The van der Waals surface area contributed by atoms with Crippen LogP contribution in [-0.2, 0) is 14.8 Å². The summed E-state index contributed by atoms with van der Waals surface area (Å²) in [6.07, 6.45) is -0.270. The molecule has 0 aromatic heterocycles. The van der Waals surface area contributed by atoms with Crippen LogP contribution in [-0.4, -0.2) is 27.5 Å². The van der Waals surface area contributed by atoms with Crippen molar-refractivity contribution in [3.8, 4) is 0 Å². The molecule has 0 bridgehead atoms. The highest BCUT2D eigenvalue weighted by atomic mass is 32.2. The molecule has 0 N–H and O–H groups in total. The van der Waals surface area contributed by atoms with Crippen molar-refractivity contribution in [2.75, 3.05) is 11.4 Å². The quantitative estimate of drug-likeness (QED) is 0.778. The Balaban J connectivity index is 2.35. The highest BCUT2D eigenvalue weighted by molar-refractivity contribution is 7.92. The summed E-state index contributed by atoms with van der Waals surface area (Å²) < 4.78 is 31.9. The molecule has 0 amide bonds. The minimum Gasteiger partial charge on any atom is -0.459 e. The molecule has 5 nitrogen and oxygen atoms in total. The second-order valence-electron chi connectivity index (χ2n) is 5.79. The molecule has 0 saturated heterocycles. The summed E-state index contributed by atoms with van der Waals surface area (Å²) in [6.45, 7) is 5.41. The van der Waals surface area contributed by atoms with Gasteiger partial charge in [-0.05, 0) is 51.1 Å². The lowest BCUT2D eigenvalue weighted by Gasteiger charge is -2.20. The third-order valence-corrected chi connectivity index (χ3v) is 5.25. The number of esters is 1. The van der Waals surface area contributed by atoms with Crippen LogP contribution in [0.25, 0.3) is 0 Å². The molecule has 0 atom stereocenters. The number of benzene rings is 2. The molecule has 0 saturated carbocycles. The van der Waals surface area contributed by atoms with Gasteiger partial charge in [0.1, 0.15) is 0 Å². The van der Waals surface area contributed by atoms with E-state index in [0.717, 1.165) is 5.56 Å². The smallest absolute Gasteiger partial charge is 0.338 e. The molecule has 0 aliphatic heterocycles. The first kappa shape index (κ1) is 18.0. The number of hydrogen-bond acceptors (Lipinski definition) is 4. The summed E-state index contributed by atoms with van der Waals surface area (Å²) in [7, 11) is -2.28. The fraction of sp³-hybridized carbons (Fsp3) is 0.278. The van der Waals surface area contributed by atoms with Crippen molar-refractivity contribution in [3.63, 3.8) is 0 Å². The molecule has 0 aliphatic carbocycles. The Morgan fingerprint density at radius 2 is 1.71 bits per heavy atom. The zero-order valence-corrected chi connectivity index (χ0v) is 15.0. The molecular weight excluding hydrogens is 326 g/mol. The van der Waals surface area contributed by atoms with Gasteiger partial charge in [-0.2, -0.15) is 0 Å². The largest absolute Gasteiger partial charge is 0.459 e. The van der Waals surface area contributed by atoms with E-state index in [-0.39, 0.29) is 16.6 Å². The van der Waals surface area contributed by atoms with Gasteiger partial charge in [-0.3, -0.25) is 4.31 Å². The Hall–Kier alpha value is -2.34. The lowest BCUT2D eigenvalue weighted by molar-refractivity contribution is 0.0377. The van der Waals surface area contributed by atoms with Gasteiger partial charge in [-0.15, -0.1) is 0 Å². The van der Waals surface area contributed by atoms with Gasteiger partial charge in [0.25, 0.3) is 10.0 Å². The lowest BCUT2D eigenvalue weighted by atomic mass is 10.2. The molecule has 2 rings (SSSR count). The van der Waals surface area contributed by atoms with Gasteiger partial charge in [0.2, 0.25) is 0 Å². The maximum absolute atomic E-state index is 12.8. The zero-order valence-electron chi connectivity index (χ0n) is 14.2. The van der Waals surface area contributed by atoms with Crippen molar-refractivity contribution >= 4 is 21.7 Å². The highest BCUT2D eigenvalue weighted by Crippen LogP contribution is 2.23. The third-order valence-electron chi connectivity index (χ3n) is 3.47. The SMILES string of the molecule is Cc1ccc(N(C)S(=O)(=O)c2cccc(C(=O)OC(C)C)c2)cc1. The standard InChI is InChI=1S/C18H21NO4S/c1-13(2)23-18(20)15-6-5-7-17(12-15)24(21,22)19(4)16-10-8-14(3)9-11-16/h5-13H,1-4H3. The van der Waals surface area contributed by atoms with Crippen LogP contribution in [0, 0.1) is 6.92 Å². The summed E-state index contributed by atoms with van der Waals surface area (Å²) >= 11 is 0. The maximum Gasteiger partial charge on any atom is 0.338 e. The first-order chi connectivity index (χ1) is 11.2. The number of aryl methyl sites for hydroxylation is 1. The van der Waals surface area contributed by atoms with E-state index in [1.165, 1.54) is 35.6 Å². The monoisotopic (exact) mass is 347 g/mol. The third kappa shape index (κ3) is 3.94. The number of anilines is 1.